The highest BCUT2D eigenvalue weighted by atomic mass is 16.5. The van der Waals surface area contributed by atoms with Gasteiger partial charge >= 0.3 is 0 Å². The van der Waals surface area contributed by atoms with E-state index in [2.05, 4.69) is 24.1 Å². The number of rotatable bonds is 8. The fourth-order valence-corrected chi connectivity index (χ4v) is 3.40. The van der Waals surface area contributed by atoms with Crippen LogP contribution in [-0.2, 0) is 4.74 Å². The fourth-order valence-electron chi connectivity index (χ4n) is 3.40. The normalized spacial score (nSPS) is 29.4. The van der Waals surface area contributed by atoms with Crippen molar-refractivity contribution in [2.45, 2.75) is 64.5 Å². The summed E-state index contributed by atoms with van der Waals surface area (Å²) in [6.07, 6.45) is 8.48. The van der Waals surface area contributed by atoms with Crippen LogP contribution in [0.1, 0.15) is 52.4 Å². The maximum atomic E-state index is 5.98. The minimum Gasteiger partial charge on any atom is -0.374 e. The number of hydrogen-bond acceptors (Lipinski definition) is 3. The lowest BCUT2D eigenvalue weighted by atomic mass is 9.99. The van der Waals surface area contributed by atoms with E-state index >= 15 is 0 Å². The summed E-state index contributed by atoms with van der Waals surface area (Å²) >= 11 is 0. The Morgan fingerprint density at radius 3 is 3.05 bits per heavy atom. The Balaban J connectivity index is 1.60. The first kappa shape index (κ1) is 15.3. The molecule has 0 aromatic rings. The zero-order chi connectivity index (χ0) is 13.5. The molecule has 1 N–H and O–H groups in total. The molecule has 2 saturated heterocycles. The highest BCUT2D eigenvalue weighted by Crippen LogP contribution is 2.22. The third-order valence-corrected chi connectivity index (χ3v) is 4.81. The van der Waals surface area contributed by atoms with Gasteiger partial charge in [0, 0.05) is 19.1 Å². The van der Waals surface area contributed by atoms with Crippen molar-refractivity contribution in [1.82, 2.24) is 10.2 Å². The molecule has 3 atom stereocenters. The molecule has 2 aliphatic heterocycles. The van der Waals surface area contributed by atoms with E-state index in [-0.39, 0.29) is 0 Å². The van der Waals surface area contributed by atoms with Gasteiger partial charge in [-0.15, -0.1) is 0 Å². The van der Waals surface area contributed by atoms with Gasteiger partial charge in [0.1, 0.15) is 0 Å². The summed E-state index contributed by atoms with van der Waals surface area (Å²) in [5, 5.41) is 3.64. The summed E-state index contributed by atoms with van der Waals surface area (Å²) in [4.78, 5) is 2.63. The predicted octanol–water partition coefficient (Wildman–Crippen LogP) is 2.66. The van der Waals surface area contributed by atoms with Crippen LogP contribution >= 0.6 is 0 Å². The first-order chi connectivity index (χ1) is 9.33. The molecule has 0 radical (unpaired) electrons. The van der Waals surface area contributed by atoms with Crippen molar-refractivity contribution in [2.75, 3.05) is 32.8 Å². The molecule has 0 aliphatic carbocycles. The SMILES string of the molecule is CCCCC(CC)CNCC1CN2CCCC2CO1. The van der Waals surface area contributed by atoms with E-state index in [1.807, 2.05) is 0 Å². The third-order valence-electron chi connectivity index (χ3n) is 4.81. The first-order valence-electron chi connectivity index (χ1n) is 8.39. The second-order valence-corrected chi connectivity index (χ2v) is 6.32. The molecule has 0 amide bonds. The number of hydrogen-bond donors (Lipinski definition) is 1. The molecule has 0 bridgehead atoms. The van der Waals surface area contributed by atoms with Gasteiger partial charge in [0.2, 0.25) is 0 Å². The molecular weight excluding hydrogens is 236 g/mol. The zero-order valence-electron chi connectivity index (χ0n) is 12.9. The Hall–Kier alpha value is -0.120. The van der Waals surface area contributed by atoms with Crippen molar-refractivity contribution >= 4 is 0 Å². The molecule has 2 fully saturated rings. The second kappa shape index (κ2) is 8.23. The van der Waals surface area contributed by atoms with Crippen LogP contribution in [0.2, 0.25) is 0 Å². The minimum absolute atomic E-state index is 0.415. The van der Waals surface area contributed by atoms with Crippen LogP contribution < -0.4 is 5.32 Å². The molecule has 19 heavy (non-hydrogen) atoms. The van der Waals surface area contributed by atoms with Crippen LogP contribution in [0.3, 0.4) is 0 Å². The van der Waals surface area contributed by atoms with Crippen LogP contribution in [0.4, 0.5) is 0 Å². The van der Waals surface area contributed by atoms with Crippen LogP contribution in [0, 0.1) is 5.92 Å². The quantitative estimate of drug-likeness (QED) is 0.732. The van der Waals surface area contributed by atoms with E-state index in [1.165, 1.54) is 51.6 Å². The zero-order valence-corrected chi connectivity index (χ0v) is 12.9. The van der Waals surface area contributed by atoms with Crippen molar-refractivity contribution in [1.29, 1.82) is 0 Å². The second-order valence-electron chi connectivity index (χ2n) is 6.32. The Bertz CT molecular complexity index is 247. The van der Waals surface area contributed by atoms with Crippen molar-refractivity contribution in [2.24, 2.45) is 5.92 Å². The summed E-state index contributed by atoms with van der Waals surface area (Å²) < 4.78 is 5.98. The molecule has 2 aliphatic rings. The van der Waals surface area contributed by atoms with E-state index in [0.29, 0.717) is 6.10 Å². The molecule has 0 spiro atoms. The van der Waals surface area contributed by atoms with Crippen molar-refractivity contribution in [3.05, 3.63) is 0 Å². The molecule has 2 heterocycles. The third kappa shape index (κ3) is 4.73. The Morgan fingerprint density at radius 1 is 1.37 bits per heavy atom. The van der Waals surface area contributed by atoms with Crippen LogP contribution in [0.25, 0.3) is 0 Å². The van der Waals surface area contributed by atoms with Crippen LogP contribution in [0.5, 0.6) is 0 Å². The molecule has 3 heteroatoms. The van der Waals surface area contributed by atoms with Gasteiger partial charge in [0.05, 0.1) is 12.7 Å². The van der Waals surface area contributed by atoms with E-state index in [4.69, 9.17) is 4.74 Å². The monoisotopic (exact) mass is 268 g/mol. The Morgan fingerprint density at radius 2 is 2.26 bits per heavy atom. The summed E-state index contributed by atoms with van der Waals surface area (Å²) in [6, 6.07) is 0.726. The van der Waals surface area contributed by atoms with Crippen LogP contribution in [0.15, 0.2) is 0 Å². The first-order valence-corrected chi connectivity index (χ1v) is 8.39. The lowest BCUT2D eigenvalue weighted by Gasteiger charge is -2.35. The van der Waals surface area contributed by atoms with Crippen molar-refractivity contribution < 1.29 is 4.74 Å². The van der Waals surface area contributed by atoms with E-state index < -0.39 is 0 Å². The molecular formula is C16H32N2O. The van der Waals surface area contributed by atoms with E-state index in [1.54, 1.807) is 0 Å². The van der Waals surface area contributed by atoms with Crippen molar-refractivity contribution in [3.8, 4) is 0 Å². The van der Waals surface area contributed by atoms with Gasteiger partial charge in [-0.05, 0) is 38.3 Å². The molecule has 3 nitrogen and oxygen atoms in total. The molecule has 0 aromatic heterocycles. The maximum Gasteiger partial charge on any atom is 0.0826 e. The summed E-state index contributed by atoms with van der Waals surface area (Å²) in [7, 11) is 0. The number of nitrogens with zero attached hydrogens (tertiary/aromatic N) is 1. The fraction of sp³-hybridized carbons (Fsp3) is 1.00. The highest BCUT2D eigenvalue weighted by Gasteiger charge is 2.31. The van der Waals surface area contributed by atoms with E-state index in [9.17, 15) is 0 Å². The molecule has 112 valence electrons. The number of ether oxygens (including phenoxy) is 1. The number of unbranched alkanes of at least 4 members (excludes halogenated alkanes) is 1. The molecule has 3 unspecified atom stereocenters. The molecule has 0 aromatic carbocycles. The highest BCUT2D eigenvalue weighted by molar-refractivity contribution is 4.85. The minimum atomic E-state index is 0.415. The molecule has 0 saturated carbocycles. The van der Waals surface area contributed by atoms with Gasteiger partial charge in [-0.3, -0.25) is 4.90 Å². The lowest BCUT2D eigenvalue weighted by molar-refractivity contribution is -0.0471. The average molecular weight is 268 g/mol. The predicted molar refractivity (Wildman–Crippen MR) is 80.5 cm³/mol. The van der Waals surface area contributed by atoms with Gasteiger partial charge < -0.3 is 10.1 Å². The van der Waals surface area contributed by atoms with Gasteiger partial charge in [-0.2, -0.15) is 0 Å². The van der Waals surface area contributed by atoms with Crippen LogP contribution in [-0.4, -0.2) is 49.8 Å². The number of nitrogens with one attached hydrogen (secondary N) is 1. The van der Waals surface area contributed by atoms with Gasteiger partial charge in [-0.1, -0.05) is 33.1 Å². The molecule has 2 rings (SSSR count). The average Bonchev–Trinajstić information content (AvgIpc) is 2.90. The summed E-state index contributed by atoms with van der Waals surface area (Å²) in [5.74, 6) is 0.850. The summed E-state index contributed by atoms with van der Waals surface area (Å²) in [6.45, 7) is 10.2. The van der Waals surface area contributed by atoms with Gasteiger partial charge in [0.15, 0.2) is 0 Å². The van der Waals surface area contributed by atoms with Crippen molar-refractivity contribution in [3.63, 3.8) is 0 Å². The maximum absolute atomic E-state index is 5.98. The summed E-state index contributed by atoms with van der Waals surface area (Å²) in [5.41, 5.74) is 0. The largest absolute Gasteiger partial charge is 0.374 e. The van der Waals surface area contributed by atoms with Gasteiger partial charge in [0.25, 0.3) is 0 Å². The number of morpholine rings is 1. The number of fused-ring (bicyclic) bond motifs is 1. The Kier molecular flexibility index (Phi) is 6.62. The lowest BCUT2D eigenvalue weighted by Crippen LogP contribution is -2.49. The standard InChI is InChI=1S/C16H32N2O/c1-3-5-7-14(4-2)10-17-11-16-12-18-9-6-8-15(18)13-19-16/h14-17H,3-13H2,1-2H3. The Labute approximate surface area is 119 Å². The van der Waals surface area contributed by atoms with Gasteiger partial charge in [-0.25, -0.2) is 0 Å². The van der Waals surface area contributed by atoms with E-state index in [0.717, 1.165) is 31.7 Å². The topological polar surface area (TPSA) is 24.5 Å². The smallest absolute Gasteiger partial charge is 0.0826 e.